The highest BCUT2D eigenvalue weighted by molar-refractivity contribution is 6.22. The zero-order valence-corrected chi connectivity index (χ0v) is 19.0. The minimum absolute atomic E-state index is 0.0639. The van der Waals surface area contributed by atoms with E-state index in [1.54, 1.807) is 18.3 Å². The van der Waals surface area contributed by atoms with Gasteiger partial charge in [0, 0.05) is 12.8 Å². The minimum Gasteiger partial charge on any atom is -0.487 e. The molecule has 0 spiro atoms. The van der Waals surface area contributed by atoms with Crippen LogP contribution in [-0.4, -0.2) is 46.9 Å². The second-order valence-corrected chi connectivity index (χ2v) is 8.45. The van der Waals surface area contributed by atoms with Crippen molar-refractivity contribution in [3.8, 4) is 5.75 Å². The quantitative estimate of drug-likeness (QED) is 0.364. The van der Waals surface area contributed by atoms with E-state index in [2.05, 4.69) is 4.98 Å². The lowest BCUT2D eigenvalue weighted by molar-refractivity contribution is 0.0469. The van der Waals surface area contributed by atoms with Crippen LogP contribution in [-0.2, 0) is 22.7 Å². The second-order valence-electron chi connectivity index (χ2n) is 8.45. The summed E-state index contributed by atoms with van der Waals surface area (Å²) in [5, 5.41) is 0. The largest absolute Gasteiger partial charge is 0.487 e. The van der Waals surface area contributed by atoms with Gasteiger partial charge in [0.1, 0.15) is 19.0 Å². The van der Waals surface area contributed by atoms with Crippen LogP contribution < -0.4 is 4.74 Å². The highest BCUT2D eigenvalue weighted by atomic mass is 16.5. The number of amides is 2. The maximum absolute atomic E-state index is 12.8. The van der Waals surface area contributed by atoms with Crippen molar-refractivity contribution in [3.05, 3.63) is 94.8 Å². The van der Waals surface area contributed by atoms with Crippen LogP contribution in [0.3, 0.4) is 0 Å². The number of fused-ring (bicyclic) bond motifs is 1. The normalized spacial score (nSPS) is 16.9. The number of aromatic nitrogens is 1. The van der Waals surface area contributed by atoms with E-state index < -0.39 is 11.9 Å². The van der Waals surface area contributed by atoms with Crippen molar-refractivity contribution < 1.29 is 28.6 Å². The predicted octanol–water partition coefficient (Wildman–Crippen LogP) is 3.79. The van der Waals surface area contributed by atoms with Gasteiger partial charge in [0.25, 0.3) is 11.8 Å². The summed E-state index contributed by atoms with van der Waals surface area (Å²) < 4.78 is 16.7. The highest BCUT2D eigenvalue weighted by Crippen LogP contribution is 2.26. The summed E-state index contributed by atoms with van der Waals surface area (Å²) in [4.78, 5) is 43.5. The Hall–Kier alpha value is -4.04. The summed E-state index contributed by atoms with van der Waals surface area (Å²) in [6, 6.07) is 17.3. The Morgan fingerprint density at radius 3 is 2.57 bits per heavy atom. The molecule has 0 N–H and O–H groups in total. The SMILES string of the molecule is O=C(OCc1ccc(OCc2ccccn2)cc1)c1ccc2c(c1)C(=O)N(CC1CCCO1)C2=O. The van der Waals surface area contributed by atoms with E-state index in [1.165, 1.54) is 23.1 Å². The first-order valence-corrected chi connectivity index (χ1v) is 11.5. The molecule has 1 saturated heterocycles. The molecule has 3 aromatic rings. The molecule has 1 atom stereocenters. The number of hydrogen-bond donors (Lipinski definition) is 0. The average Bonchev–Trinajstić information content (AvgIpc) is 3.50. The van der Waals surface area contributed by atoms with Crippen LogP contribution in [0.4, 0.5) is 0 Å². The number of benzene rings is 2. The third-order valence-corrected chi connectivity index (χ3v) is 6.02. The van der Waals surface area contributed by atoms with Gasteiger partial charge in [-0.3, -0.25) is 19.5 Å². The summed E-state index contributed by atoms with van der Waals surface area (Å²) >= 11 is 0. The molecule has 0 radical (unpaired) electrons. The maximum Gasteiger partial charge on any atom is 0.338 e. The van der Waals surface area contributed by atoms with Crippen LogP contribution in [0, 0.1) is 0 Å². The first-order chi connectivity index (χ1) is 17.1. The monoisotopic (exact) mass is 472 g/mol. The number of pyridine rings is 1. The van der Waals surface area contributed by atoms with Crippen LogP contribution in [0.15, 0.2) is 66.9 Å². The van der Waals surface area contributed by atoms with Crippen LogP contribution in [0.1, 0.15) is 55.2 Å². The van der Waals surface area contributed by atoms with E-state index in [1.807, 2.05) is 30.3 Å². The fourth-order valence-electron chi connectivity index (χ4n) is 4.13. The molecule has 0 saturated carbocycles. The molecule has 8 nitrogen and oxygen atoms in total. The van der Waals surface area contributed by atoms with Gasteiger partial charge >= 0.3 is 5.97 Å². The van der Waals surface area contributed by atoms with Crippen molar-refractivity contribution in [1.82, 2.24) is 9.88 Å². The molecule has 0 aliphatic carbocycles. The Bertz CT molecular complexity index is 1240. The summed E-state index contributed by atoms with van der Waals surface area (Å²) in [6.07, 6.45) is 3.33. The van der Waals surface area contributed by atoms with Gasteiger partial charge in [-0.2, -0.15) is 0 Å². The fourth-order valence-corrected chi connectivity index (χ4v) is 4.13. The lowest BCUT2D eigenvalue weighted by Crippen LogP contribution is -2.36. The summed E-state index contributed by atoms with van der Waals surface area (Å²) in [5.41, 5.74) is 2.36. The van der Waals surface area contributed by atoms with Crippen LogP contribution in [0.5, 0.6) is 5.75 Å². The Labute approximate surface area is 202 Å². The molecular weight excluding hydrogens is 448 g/mol. The highest BCUT2D eigenvalue weighted by Gasteiger charge is 2.38. The molecule has 35 heavy (non-hydrogen) atoms. The smallest absolute Gasteiger partial charge is 0.338 e. The number of carbonyl (C=O) groups excluding carboxylic acids is 3. The average molecular weight is 472 g/mol. The molecule has 1 aromatic heterocycles. The summed E-state index contributed by atoms with van der Waals surface area (Å²) in [7, 11) is 0. The summed E-state index contributed by atoms with van der Waals surface area (Å²) in [5.74, 6) is -0.650. The van der Waals surface area contributed by atoms with Crippen LogP contribution >= 0.6 is 0 Å². The standard InChI is InChI=1S/C27H24N2O6/c30-25-23-11-8-19(14-24(23)26(31)29(25)15-22-5-3-13-33-22)27(32)35-16-18-6-9-21(10-7-18)34-17-20-4-1-2-12-28-20/h1-2,4,6-12,14,22H,3,5,13,15-17H2. The molecule has 2 aromatic carbocycles. The zero-order valence-electron chi connectivity index (χ0n) is 19.0. The first-order valence-electron chi connectivity index (χ1n) is 11.5. The molecule has 178 valence electrons. The molecule has 5 rings (SSSR count). The van der Waals surface area contributed by atoms with Gasteiger partial charge in [-0.15, -0.1) is 0 Å². The van der Waals surface area contributed by atoms with Crippen molar-refractivity contribution >= 4 is 17.8 Å². The fraction of sp³-hybridized carbons (Fsp3) is 0.259. The molecular formula is C27H24N2O6. The van der Waals surface area contributed by atoms with E-state index in [-0.39, 0.29) is 36.3 Å². The molecule has 2 amide bonds. The lowest BCUT2D eigenvalue weighted by Gasteiger charge is -2.17. The Morgan fingerprint density at radius 2 is 1.83 bits per heavy atom. The molecule has 2 aliphatic rings. The zero-order chi connectivity index (χ0) is 24.2. The van der Waals surface area contributed by atoms with Crippen molar-refractivity contribution in [2.24, 2.45) is 0 Å². The molecule has 3 heterocycles. The van der Waals surface area contributed by atoms with Crippen LogP contribution in [0.25, 0.3) is 0 Å². The van der Waals surface area contributed by atoms with E-state index in [9.17, 15) is 14.4 Å². The van der Waals surface area contributed by atoms with Gasteiger partial charge in [0.15, 0.2) is 0 Å². The van der Waals surface area contributed by atoms with Gasteiger partial charge < -0.3 is 14.2 Å². The van der Waals surface area contributed by atoms with Gasteiger partial charge in [-0.1, -0.05) is 18.2 Å². The van der Waals surface area contributed by atoms with Crippen molar-refractivity contribution in [2.45, 2.75) is 32.2 Å². The van der Waals surface area contributed by atoms with Crippen LogP contribution in [0.2, 0.25) is 0 Å². The van der Waals surface area contributed by atoms with Gasteiger partial charge in [0.05, 0.1) is 35.0 Å². The van der Waals surface area contributed by atoms with Gasteiger partial charge in [-0.25, -0.2) is 4.79 Å². The number of rotatable bonds is 8. The molecule has 8 heteroatoms. The first kappa shape index (κ1) is 22.7. The number of carbonyl (C=O) groups is 3. The number of hydrogen-bond acceptors (Lipinski definition) is 7. The molecule has 0 bridgehead atoms. The third kappa shape index (κ3) is 5.07. The molecule has 1 unspecified atom stereocenters. The Kier molecular flexibility index (Phi) is 6.54. The van der Waals surface area contributed by atoms with Crippen molar-refractivity contribution in [1.29, 1.82) is 0 Å². The number of ether oxygens (including phenoxy) is 3. The van der Waals surface area contributed by atoms with Gasteiger partial charge in [-0.05, 0) is 60.9 Å². The maximum atomic E-state index is 12.8. The predicted molar refractivity (Wildman–Crippen MR) is 125 cm³/mol. The van der Waals surface area contributed by atoms with E-state index >= 15 is 0 Å². The second kappa shape index (κ2) is 10.1. The van der Waals surface area contributed by atoms with E-state index in [4.69, 9.17) is 14.2 Å². The third-order valence-electron chi connectivity index (χ3n) is 6.02. The molecule has 2 aliphatic heterocycles. The lowest BCUT2D eigenvalue weighted by atomic mass is 10.1. The van der Waals surface area contributed by atoms with Crippen molar-refractivity contribution in [3.63, 3.8) is 0 Å². The minimum atomic E-state index is -0.568. The Balaban J connectivity index is 1.17. The number of esters is 1. The topological polar surface area (TPSA) is 95.0 Å². The Morgan fingerprint density at radius 1 is 1.00 bits per heavy atom. The number of nitrogens with zero attached hydrogens (tertiary/aromatic N) is 2. The van der Waals surface area contributed by atoms with Crippen molar-refractivity contribution in [2.75, 3.05) is 13.2 Å². The molecule has 1 fully saturated rings. The van der Waals surface area contributed by atoms with Gasteiger partial charge in [0.2, 0.25) is 0 Å². The van der Waals surface area contributed by atoms with E-state index in [0.717, 1.165) is 24.1 Å². The van der Waals surface area contributed by atoms with E-state index in [0.29, 0.717) is 24.5 Å². The number of imide groups is 1. The summed E-state index contributed by atoms with van der Waals surface area (Å²) in [6.45, 7) is 1.30.